The second kappa shape index (κ2) is 7.19. The number of aliphatic hydroxyl groups excluding tert-OH is 1. The van der Waals surface area contributed by atoms with Crippen LogP contribution in [0.15, 0.2) is 0 Å². The van der Waals surface area contributed by atoms with Crippen molar-refractivity contribution in [3.05, 3.63) is 0 Å². The molecule has 16 heavy (non-hydrogen) atoms. The Bertz CT molecular complexity index is 241. The maximum Gasteiger partial charge on any atom is 0.246 e. The van der Waals surface area contributed by atoms with Gasteiger partial charge in [0, 0.05) is 12.1 Å². The molecule has 0 aromatic heterocycles. The summed E-state index contributed by atoms with van der Waals surface area (Å²) >= 11 is 0. The molecule has 0 saturated heterocycles. The zero-order valence-electron chi connectivity index (χ0n) is 10.1. The molecule has 0 spiro atoms. The quantitative estimate of drug-likeness (QED) is 0.434. The second-order valence-electron chi connectivity index (χ2n) is 4.17. The third kappa shape index (κ3) is 7.19. The molecule has 0 aliphatic carbocycles. The lowest BCUT2D eigenvalue weighted by Crippen LogP contribution is -2.42. The topological polar surface area (TPSA) is 90.5 Å². The standard InChI is InChI=1S/C10H21N3O3/c1-10(2,11-3)4-5-12-8(15)6-13-9(16)7-14/h11,14H,4-7H2,1-3H3,(H,12,15)(H,13,16). The number of carbonyl (C=O) groups excluding carboxylic acids is 2. The van der Waals surface area contributed by atoms with E-state index in [1.165, 1.54) is 0 Å². The van der Waals surface area contributed by atoms with Gasteiger partial charge in [-0.15, -0.1) is 0 Å². The van der Waals surface area contributed by atoms with Crippen molar-refractivity contribution < 1.29 is 14.7 Å². The van der Waals surface area contributed by atoms with Crippen LogP contribution in [0, 0.1) is 0 Å². The predicted molar refractivity (Wildman–Crippen MR) is 60.9 cm³/mol. The lowest BCUT2D eigenvalue weighted by atomic mass is 10.0. The first-order chi connectivity index (χ1) is 7.41. The highest BCUT2D eigenvalue weighted by Gasteiger charge is 2.14. The third-order valence-corrected chi connectivity index (χ3v) is 2.34. The monoisotopic (exact) mass is 231 g/mol. The summed E-state index contributed by atoms with van der Waals surface area (Å²) in [5.41, 5.74) is -0.0262. The van der Waals surface area contributed by atoms with Crippen LogP contribution in [0.4, 0.5) is 0 Å². The normalized spacial score (nSPS) is 11.0. The third-order valence-electron chi connectivity index (χ3n) is 2.34. The molecular weight excluding hydrogens is 210 g/mol. The van der Waals surface area contributed by atoms with Crippen molar-refractivity contribution in [1.29, 1.82) is 0 Å². The first kappa shape index (κ1) is 14.9. The van der Waals surface area contributed by atoms with Crippen LogP contribution in [0.25, 0.3) is 0 Å². The minimum absolute atomic E-state index is 0.0262. The molecule has 94 valence electrons. The van der Waals surface area contributed by atoms with Crippen molar-refractivity contribution in [3.8, 4) is 0 Å². The van der Waals surface area contributed by atoms with E-state index < -0.39 is 12.5 Å². The van der Waals surface area contributed by atoms with Gasteiger partial charge >= 0.3 is 0 Å². The molecule has 2 amide bonds. The van der Waals surface area contributed by atoms with Gasteiger partial charge < -0.3 is 21.1 Å². The Morgan fingerprint density at radius 1 is 1.19 bits per heavy atom. The van der Waals surface area contributed by atoms with E-state index in [9.17, 15) is 9.59 Å². The van der Waals surface area contributed by atoms with Crippen LogP contribution < -0.4 is 16.0 Å². The fourth-order valence-corrected chi connectivity index (χ4v) is 0.937. The van der Waals surface area contributed by atoms with E-state index in [0.29, 0.717) is 6.54 Å². The van der Waals surface area contributed by atoms with Crippen LogP contribution in [-0.2, 0) is 9.59 Å². The number of hydrogen-bond donors (Lipinski definition) is 4. The fraction of sp³-hybridized carbons (Fsp3) is 0.800. The zero-order valence-corrected chi connectivity index (χ0v) is 10.1. The number of aliphatic hydroxyl groups is 1. The summed E-state index contributed by atoms with van der Waals surface area (Å²) in [6.45, 7) is 3.92. The highest BCUT2D eigenvalue weighted by Crippen LogP contribution is 2.04. The highest BCUT2D eigenvalue weighted by atomic mass is 16.3. The van der Waals surface area contributed by atoms with Crippen LogP contribution in [0.5, 0.6) is 0 Å². The first-order valence-corrected chi connectivity index (χ1v) is 5.24. The smallest absolute Gasteiger partial charge is 0.246 e. The molecule has 0 fully saturated rings. The molecule has 0 bridgehead atoms. The summed E-state index contributed by atoms with van der Waals surface area (Å²) < 4.78 is 0. The average molecular weight is 231 g/mol. The van der Waals surface area contributed by atoms with Crippen LogP contribution >= 0.6 is 0 Å². The number of rotatable bonds is 7. The molecule has 0 aromatic rings. The summed E-state index contributed by atoms with van der Waals surface area (Å²) in [5.74, 6) is -0.806. The molecule has 0 unspecified atom stereocenters. The summed E-state index contributed by atoms with van der Waals surface area (Å²) in [7, 11) is 1.86. The molecule has 0 saturated carbocycles. The van der Waals surface area contributed by atoms with Crippen molar-refractivity contribution in [1.82, 2.24) is 16.0 Å². The SMILES string of the molecule is CNC(C)(C)CCNC(=O)CNC(=O)CO. The molecule has 6 nitrogen and oxygen atoms in total. The van der Waals surface area contributed by atoms with Crippen molar-refractivity contribution >= 4 is 11.8 Å². The first-order valence-electron chi connectivity index (χ1n) is 5.24. The maximum absolute atomic E-state index is 11.2. The van der Waals surface area contributed by atoms with Gasteiger partial charge in [0.2, 0.25) is 11.8 Å². The second-order valence-corrected chi connectivity index (χ2v) is 4.17. The fourth-order valence-electron chi connectivity index (χ4n) is 0.937. The van der Waals surface area contributed by atoms with E-state index in [0.717, 1.165) is 6.42 Å². The lowest BCUT2D eigenvalue weighted by molar-refractivity contribution is -0.127. The molecule has 0 aliphatic rings. The van der Waals surface area contributed by atoms with Crippen LogP contribution in [-0.4, -0.2) is 49.2 Å². The van der Waals surface area contributed by atoms with Crippen LogP contribution in [0.1, 0.15) is 20.3 Å². The summed E-state index contributed by atoms with van der Waals surface area (Å²) in [6, 6.07) is 0. The molecule has 0 rings (SSSR count). The average Bonchev–Trinajstić information content (AvgIpc) is 2.25. The Kier molecular flexibility index (Phi) is 6.67. The van der Waals surface area contributed by atoms with Crippen molar-refractivity contribution in [2.75, 3.05) is 26.7 Å². The molecule has 6 heteroatoms. The zero-order chi connectivity index (χ0) is 12.6. The van der Waals surface area contributed by atoms with Gasteiger partial charge in [-0.2, -0.15) is 0 Å². The van der Waals surface area contributed by atoms with Crippen molar-refractivity contribution in [2.24, 2.45) is 0 Å². The van der Waals surface area contributed by atoms with Gasteiger partial charge in [0.1, 0.15) is 6.61 Å². The molecule has 0 heterocycles. The Morgan fingerprint density at radius 3 is 2.31 bits per heavy atom. The Labute approximate surface area is 95.8 Å². The molecule has 4 N–H and O–H groups in total. The van der Waals surface area contributed by atoms with Crippen molar-refractivity contribution in [2.45, 2.75) is 25.8 Å². The molecule has 0 aliphatic heterocycles. The summed E-state index contributed by atoms with van der Waals surface area (Å²) in [5, 5.41) is 16.5. The van der Waals surface area contributed by atoms with E-state index in [1.807, 2.05) is 20.9 Å². The summed E-state index contributed by atoms with van der Waals surface area (Å²) in [4.78, 5) is 21.9. The van der Waals surface area contributed by atoms with Gasteiger partial charge in [-0.3, -0.25) is 9.59 Å². The number of amides is 2. The van der Waals surface area contributed by atoms with E-state index in [1.54, 1.807) is 0 Å². The van der Waals surface area contributed by atoms with Gasteiger partial charge in [-0.1, -0.05) is 0 Å². The Morgan fingerprint density at radius 2 is 1.81 bits per heavy atom. The van der Waals surface area contributed by atoms with E-state index in [4.69, 9.17) is 5.11 Å². The minimum atomic E-state index is -0.597. The van der Waals surface area contributed by atoms with Gasteiger partial charge in [0.25, 0.3) is 0 Å². The largest absolute Gasteiger partial charge is 0.387 e. The lowest BCUT2D eigenvalue weighted by Gasteiger charge is -2.23. The summed E-state index contributed by atoms with van der Waals surface area (Å²) in [6.07, 6.45) is 0.795. The van der Waals surface area contributed by atoms with Gasteiger partial charge in [-0.25, -0.2) is 0 Å². The Hall–Kier alpha value is -1.14. The van der Waals surface area contributed by atoms with E-state index >= 15 is 0 Å². The highest BCUT2D eigenvalue weighted by molar-refractivity contribution is 5.84. The van der Waals surface area contributed by atoms with E-state index in [-0.39, 0.29) is 18.0 Å². The van der Waals surface area contributed by atoms with Gasteiger partial charge in [0.05, 0.1) is 6.54 Å². The maximum atomic E-state index is 11.2. The molecule has 0 atom stereocenters. The number of hydrogen-bond acceptors (Lipinski definition) is 4. The minimum Gasteiger partial charge on any atom is -0.387 e. The van der Waals surface area contributed by atoms with Crippen LogP contribution in [0.3, 0.4) is 0 Å². The number of carbonyl (C=O) groups is 2. The Balaban J connectivity index is 3.63. The molecular formula is C10H21N3O3. The predicted octanol–water partition coefficient (Wildman–Crippen LogP) is -1.40. The van der Waals surface area contributed by atoms with Crippen molar-refractivity contribution in [3.63, 3.8) is 0 Å². The molecule has 0 aromatic carbocycles. The van der Waals surface area contributed by atoms with Gasteiger partial charge in [-0.05, 0) is 27.3 Å². The van der Waals surface area contributed by atoms with E-state index in [2.05, 4.69) is 16.0 Å². The number of nitrogens with one attached hydrogen (secondary N) is 3. The molecule has 0 radical (unpaired) electrons. The van der Waals surface area contributed by atoms with Crippen LogP contribution in [0.2, 0.25) is 0 Å². The van der Waals surface area contributed by atoms with Gasteiger partial charge in [0.15, 0.2) is 0 Å².